The molecule has 0 fully saturated rings. The van der Waals surface area contributed by atoms with Crippen LogP contribution in [0.2, 0.25) is 0 Å². The van der Waals surface area contributed by atoms with Gasteiger partial charge in [-0.15, -0.1) is 0 Å². The molecule has 9 aromatic rings. The topological polar surface area (TPSA) is 4.93 Å². The summed E-state index contributed by atoms with van der Waals surface area (Å²) in [5, 5.41) is 7.75. The van der Waals surface area contributed by atoms with Gasteiger partial charge in [0.15, 0.2) is 0 Å². The molecule has 1 nitrogen and oxygen atoms in total. The summed E-state index contributed by atoms with van der Waals surface area (Å²) in [6, 6.07) is 60.3. The number of nitrogens with zero attached hydrogens (tertiary/aromatic N) is 1. The van der Waals surface area contributed by atoms with Gasteiger partial charge in [0.1, 0.15) is 0 Å². The number of rotatable bonds is 3. The van der Waals surface area contributed by atoms with E-state index in [0.29, 0.717) is 0 Å². The van der Waals surface area contributed by atoms with E-state index < -0.39 is 0 Å². The first-order valence-electron chi connectivity index (χ1n) is 15.8. The summed E-state index contributed by atoms with van der Waals surface area (Å²) in [7, 11) is 0. The highest BCUT2D eigenvalue weighted by Gasteiger charge is 2.20. The fourth-order valence-electron chi connectivity index (χ4n) is 7.34. The van der Waals surface area contributed by atoms with Gasteiger partial charge in [-0.1, -0.05) is 127 Å². The summed E-state index contributed by atoms with van der Waals surface area (Å²) in [6.45, 7) is 0. The minimum atomic E-state index is 1.18. The Bertz CT molecular complexity index is 2640. The molecule has 46 heavy (non-hydrogen) atoms. The first-order chi connectivity index (χ1) is 22.8. The molecule has 0 N–H and O–H groups in total. The van der Waals surface area contributed by atoms with E-state index in [2.05, 4.69) is 168 Å². The highest BCUT2D eigenvalue weighted by Crippen LogP contribution is 2.48. The number of hydrogen-bond acceptors (Lipinski definition) is 1. The minimum Gasteiger partial charge on any atom is -0.309 e. The molecule has 0 saturated heterocycles. The van der Waals surface area contributed by atoms with Crippen LogP contribution in [0.4, 0.5) is 0 Å². The lowest BCUT2D eigenvalue weighted by Crippen LogP contribution is -1.93. The van der Waals surface area contributed by atoms with E-state index in [1.807, 2.05) is 11.8 Å². The molecule has 0 aliphatic carbocycles. The maximum Gasteiger partial charge on any atom is 0.0547 e. The van der Waals surface area contributed by atoms with Gasteiger partial charge in [0.25, 0.3) is 0 Å². The molecule has 0 bridgehead atoms. The maximum absolute atomic E-state index is 2.42. The summed E-state index contributed by atoms with van der Waals surface area (Å²) >= 11 is 1.88. The summed E-state index contributed by atoms with van der Waals surface area (Å²) < 4.78 is 2.42. The maximum atomic E-state index is 2.42. The molecule has 0 unspecified atom stereocenters. The molecule has 0 saturated carbocycles. The van der Waals surface area contributed by atoms with Crippen molar-refractivity contribution >= 4 is 55.1 Å². The van der Waals surface area contributed by atoms with Crippen molar-refractivity contribution in [3.05, 3.63) is 164 Å². The number of hydrogen-bond donors (Lipinski definition) is 0. The highest BCUT2D eigenvalue weighted by molar-refractivity contribution is 7.99. The van der Waals surface area contributed by atoms with Gasteiger partial charge in [0.05, 0.1) is 11.0 Å². The lowest BCUT2D eigenvalue weighted by Gasteiger charge is -2.21. The molecule has 0 atom stereocenters. The molecule has 1 aliphatic rings. The minimum absolute atomic E-state index is 1.18. The second-order valence-electron chi connectivity index (χ2n) is 12.2. The molecule has 10 rings (SSSR count). The summed E-state index contributed by atoms with van der Waals surface area (Å²) in [5.74, 6) is 0. The number of fused-ring (bicyclic) bond motifs is 6. The third-order valence-electron chi connectivity index (χ3n) is 9.56. The van der Waals surface area contributed by atoms with Crippen molar-refractivity contribution in [3.63, 3.8) is 0 Å². The van der Waals surface area contributed by atoms with E-state index >= 15 is 0 Å². The summed E-state index contributed by atoms with van der Waals surface area (Å²) in [6.07, 6.45) is 0. The molecule has 0 spiro atoms. The predicted molar refractivity (Wildman–Crippen MR) is 196 cm³/mol. The smallest absolute Gasteiger partial charge is 0.0547 e. The van der Waals surface area contributed by atoms with Gasteiger partial charge < -0.3 is 4.57 Å². The molecule has 8 aromatic carbocycles. The zero-order valence-corrected chi connectivity index (χ0v) is 25.8. The Kier molecular flexibility index (Phi) is 5.58. The summed E-state index contributed by atoms with van der Waals surface area (Å²) in [4.78, 5) is 2.66. The van der Waals surface area contributed by atoms with Gasteiger partial charge in [-0.2, -0.15) is 0 Å². The van der Waals surface area contributed by atoms with Gasteiger partial charge in [0.2, 0.25) is 0 Å². The molecule has 0 amide bonds. The third kappa shape index (κ3) is 3.90. The Morgan fingerprint density at radius 1 is 0.370 bits per heavy atom. The Hall–Kier alpha value is -5.57. The van der Waals surface area contributed by atoms with Crippen molar-refractivity contribution in [1.29, 1.82) is 0 Å². The van der Waals surface area contributed by atoms with Crippen molar-refractivity contribution in [2.45, 2.75) is 9.79 Å². The Labute approximate surface area is 271 Å². The average molecular weight is 602 g/mol. The molecule has 214 valence electrons. The van der Waals surface area contributed by atoms with Crippen LogP contribution in [0.15, 0.2) is 174 Å². The van der Waals surface area contributed by atoms with Crippen molar-refractivity contribution in [1.82, 2.24) is 4.57 Å². The van der Waals surface area contributed by atoms with Crippen LogP contribution in [0.5, 0.6) is 0 Å². The van der Waals surface area contributed by atoms with Crippen molar-refractivity contribution in [2.75, 3.05) is 0 Å². The first kappa shape index (κ1) is 25.7. The zero-order valence-electron chi connectivity index (χ0n) is 24.9. The van der Waals surface area contributed by atoms with Crippen LogP contribution in [0.1, 0.15) is 0 Å². The quantitative estimate of drug-likeness (QED) is 0.195. The van der Waals surface area contributed by atoms with E-state index in [4.69, 9.17) is 0 Å². The van der Waals surface area contributed by atoms with Crippen LogP contribution < -0.4 is 0 Å². The van der Waals surface area contributed by atoms with Crippen LogP contribution in [0, 0.1) is 0 Å². The largest absolute Gasteiger partial charge is 0.309 e. The molecule has 1 aliphatic heterocycles. The Balaban J connectivity index is 1.08. The highest BCUT2D eigenvalue weighted by atomic mass is 32.2. The molecule has 0 radical (unpaired) electrons. The van der Waals surface area contributed by atoms with Crippen LogP contribution in [0.25, 0.3) is 82.4 Å². The number of para-hydroxylation sites is 1. The zero-order chi connectivity index (χ0) is 30.2. The second kappa shape index (κ2) is 9.97. The van der Waals surface area contributed by atoms with Gasteiger partial charge in [-0.3, -0.25) is 0 Å². The second-order valence-corrected chi connectivity index (χ2v) is 13.3. The Morgan fingerprint density at radius 2 is 1.00 bits per heavy atom. The fourth-order valence-corrected chi connectivity index (χ4v) is 8.46. The van der Waals surface area contributed by atoms with Crippen LogP contribution >= 0.6 is 11.8 Å². The van der Waals surface area contributed by atoms with Crippen LogP contribution in [-0.4, -0.2) is 4.57 Å². The lowest BCUT2D eigenvalue weighted by atomic mass is 9.94. The van der Waals surface area contributed by atoms with E-state index in [-0.39, 0.29) is 0 Å². The van der Waals surface area contributed by atoms with Gasteiger partial charge in [-0.05, 0) is 98.1 Å². The monoisotopic (exact) mass is 601 g/mol. The van der Waals surface area contributed by atoms with E-state index in [9.17, 15) is 0 Å². The van der Waals surface area contributed by atoms with E-state index in [1.54, 1.807) is 0 Å². The SMILES string of the molecule is c1ccc(-n2c3cc(-c4ccc(-c5ccc6c(c5)-c5cccc7cccc(c57)S6)cc4)ccc3c3cc4ccccc4cc32)cc1. The van der Waals surface area contributed by atoms with Crippen molar-refractivity contribution in [3.8, 4) is 39.1 Å². The molecule has 2 heteroatoms. The molecule has 2 heterocycles. The van der Waals surface area contributed by atoms with Gasteiger partial charge in [0, 0.05) is 31.6 Å². The van der Waals surface area contributed by atoms with Crippen LogP contribution in [-0.2, 0) is 0 Å². The third-order valence-corrected chi connectivity index (χ3v) is 10.7. The standard InChI is InChI=1S/C44H27NS/c1-2-12-35(13-3-1)45-40-27-34(20-22-36(40)38-24-31-8-4-5-9-32(31)26-41(38)45)29-18-16-28(17-19-29)33-21-23-42-39(25-33)37-14-6-10-30-11-7-15-43(46-42)44(30)37/h1-27H. The Morgan fingerprint density at radius 3 is 1.80 bits per heavy atom. The molecule has 1 aromatic heterocycles. The number of aromatic nitrogens is 1. The molecular formula is C44H27NS. The van der Waals surface area contributed by atoms with Crippen molar-refractivity contribution in [2.24, 2.45) is 0 Å². The fraction of sp³-hybridized carbons (Fsp3) is 0. The van der Waals surface area contributed by atoms with E-state index in [0.717, 1.165) is 0 Å². The normalized spacial score (nSPS) is 12.3. The van der Waals surface area contributed by atoms with Gasteiger partial charge >= 0.3 is 0 Å². The molecular weight excluding hydrogens is 575 g/mol. The van der Waals surface area contributed by atoms with E-state index in [1.165, 1.54) is 92.2 Å². The predicted octanol–water partition coefficient (Wildman–Crippen LogP) is 12.6. The van der Waals surface area contributed by atoms with Crippen LogP contribution in [0.3, 0.4) is 0 Å². The summed E-state index contributed by atoms with van der Waals surface area (Å²) in [5.41, 5.74) is 11.2. The first-order valence-corrected chi connectivity index (χ1v) is 16.6. The number of benzene rings is 8. The average Bonchev–Trinajstić information content (AvgIpc) is 3.43. The lowest BCUT2D eigenvalue weighted by molar-refractivity contribution is 1.18. The van der Waals surface area contributed by atoms with Crippen molar-refractivity contribution < 1.29 is 0 Å². The van der Waals surface area contributed by atoms with Gasteiger partial charge in [-0.25, -0.2) is 0 Å².